The third-order valence-electron chi connectivity index (χ3n) is 2.11. The van der Waals surface area contributed by atoms with E-state index in [1.165, 1.54) is 24.3 Å². The Morgan fingerprint density at radius 2 is 2.06 bits per heavy atom. The molecule has 0 unspecified atom stereocenters. The van der Waals surface area contributed by atoms with Crippen LogP contribution in [0.15, 0.2) is 24.3 Å². The number of benzene rings is 1. The number of hydrogen-bond acceptors (Lipinski definition) is 4. The van der Waals surface area contributed by atoms with Crippen LogP contribution in [-0.2, 0) is 9.53 Å². The van der Waals surface area contributed by atoms with Crippen molar-refractivity contribution >= 4 is 5.97 Å². The zero-order valence-corrected chi connectivity index (χ0v) is 8.89. The van der Waals surface area contributed by atoms with Crippen LogP contribution < -0.4 is 5.73 Å². The number of ether oxygens (including phenoxy) is 1. The first-order chi connectivity index (χ1) is 7.56. The van der Waals surface area contributed by atoms with Crippen LogP contribution in [0.1, 0.15) is 18.6 Å². The molecule has 4 nitrogen and oxygen atoms in total. The van der Waals surface area contributed by atoms with Crippen LogP contribution in [0.25, 0.3) is 0 Å². The number of esters is 1. The van der Waals surface area contributed by atoms with E-state index in [2.05, 4.69) is 4.74 Å². The smallest absolute Gasteiger partial charge is 0.325 e. The molecule has 0 fully saturated rings. The number of aliphatic hydroxyl groups excluding tert-OH is 1. The molecule has 2 atom stereocenters. The van der Waals surface area contributed by atoms with Crippen LogP contribution in [0.2, 0.25) is 0 Å². The molecule has 0 saturated heterocycles. The fourth-order valence-electron chi connectivity index (χ4n) is 1.23. The van der Waals surface area contributed by atoms with Crippen molar-refractivity contribution in [3.8, 4) is 0 Å². The summed E-state index contributed by atoms with van der Waals surface area (Å²) < 4.78 is 17.3. The van der Waals surface area contributed by atoms with Gasteiger partial charge >= 0.3 is 5.97 Å². The SMILES string of the molecule is CCOC(=O)[C@@H](N)[C@H](O)c1ccc(F)cc1. The molecule has 3 N–H and O–H groups in total. The molecular formula is C11H14FNO3. The second-order valence-corrected chi connectivity index (χ2v) is 3.27. The fraction of sp³-hybridized carbons (Fsp3) is 0.364. The highest BCUT2D eigenvalue weighted by atomic mass is 19.1. The van der Waals surface area contributed by atoms with Gasteiger partial charge in [0.05, 0.1) is 6.61 Å². The Morgan fingerprint density at radius 1 is 1.50 bits per heavy atom. The Kier molecular flexibility index (Phi) is 4.39. The third kappa shape index (κ3) is 3.01. The molecule has 16 heavy (non-hydrogen) atoms. The number of hydrogen-bond donors (Lipinski definition) is 2. The molecule has 0 spiro atoms. The predicted octanol–water partition coefficient (Wildman–Crippen LogP) is 0.750. The van der Waals surface area contributed by atoms with Gasteiger partial charge < -0.3 is 15.6 Å². The predicted molar refractivity (Wildman–Crippen MR) is 56.0 cm³/mol. The van der Waals surface area contributed by atoms with Gasteiger partial charge in [0, 0.05) is 0 Å². The van der Waals surface area contributed by atoms with Crippen molar-refractivity contribution in [3.63, 3.8) is 0 Å². The maximum Gasteiger partial charge on any atom is 0.325 e. The zero-order valence-electron chi connectivity index (χ0n) is 8.89. The molecule has 5 heteroatoms. The van der Waals surface area contributed by atoms with Gasteiger partial charge in [-0.15, -0.1) is 0 Å². The van der Waals surface area contributed by atoms with Gasteiger partial charge in [-0.2, -0.15) is 0 Å². The van der Waals surface area contributed by atoms with Gasteiger partial charge in [0.15, 0.2) is 0 Å². The lowest BCUT2D eigenvalue weighted by Gasteiger charge is -2.17. The highest BCUT2D eigenvalue weighted by Crippen LogP contribution is 2.16. The Hall–Kier alpha value is -1.46. The summed E-state index contributed by atoms with van der Waals surface area (Å²) in [6.07, 6.45) is -1.19. The Labute approximate surface area is 92.8 Å². The molecule has 0 aliphatic carbocycles. The highest BCUT2D eigenvalue weighted by molar-refractivity contribution is 5.76. The molecule has 1 rings (SSSR count). The van der Waals surface area contributed by atoms with Crippen molar-refractivity contribution in [2.45, 2.75) is 19.1 Å². The van der Waals surface area contributed by atoms with E-state index >= 15 is 0 Å². The monoisotopic (exact) mass is 227 g/mol. The normalized spacial score (nSPS) is 14.2. The van der Waals surface area contributed by atoms with Gasteiger partial charge in [0.2, 0.25) is 0 Å². The molecule has 0 aromatic heterocycles. The summed E-state index contributed by atoms with van der Waals surface area (Å²) in [6.45, 7) is 1.84. The number of carbonyl (C=O) groups is 1. The molecule has 1 aromatic carbocycles. The van der Waals surface area contributed by atoms with Gasteiger partial charge in [-0.3, -0.25) is 4.79 Å². The van der Waals surface area contributed by atoms with E-state index in [0.29, 0.717) is 5.56 Å². The van der Waals surface area contributed by atoms with E-state index in [1.807, 2.05) is 0 Å². The lowest BCUT2D eigenvalue weighted by Crippen LogP contribution is -2.38. The highest BCUT2D eigenvalue weighted by Gasteiger charge is 2.25. The third-order valence-corrected chi connectivity index (χ3v) is 2.11. The summed E-state index contributed by atoms with van der Waals surface area (Å²) in [5, 5.41) is 9.73. The average molecular weight is 227 g/mol. The summed E-state index contributed by atoms with van der Waals surface area (Å²) >= 11 is 0. The van der Waals surface area contributed by atoms with E-state index in [0.717, 1.165) is 0 Å². The largest absolute Gasteiger partial charge is 0.465 e. The number of aliphatic hydroxyl groups is 1. The van der Waals surface area contributed by atoms with Crippen molar-refractivity contribution in [1.29, 1.82) is 0 Å². The number of rotatable bonds is 4. The second-order valence-electron chi connectivity index (χ2n) is 3.27. The van der Waals surface area contributed by atoms with Gasteiger partial charge in [-0.05, 0) is 24.6 Å². The number of nitrogens with two attached hydrogens (primary N) is 1. The molecule has 0 heterocycles. The van der Waals surface area contributed by atoms with Crippen LogP contribution >= 0.6 is 0 Å². The van der Waals surface area contributed by atoms with Crippen LogP contribution in [0, 0.1) is 5.82 Å². The molecule has 88 valence electrons. The first kappa shape index (κ1) is 12.6. The summed E-state index contributed by atoms with van der Waals surface area (Å²) in [6, 6.07) is 3.97. The fourth-order valence-corrected chi connectivity index (χ4v) is 1.23. The minimum atomic E-state index is -1.19. The van der Waals surface area contributed by atoms with Gasteiger partial charge in [0.1, 0.15) is 18.0 Å². The lowest BCUT2D eigenvalue weighted by molar-refractivity contribution is -0.147. The first-order valence-electron chi connectivity index (χ1n) is 4.92. The molecular weight excluding hydrogens is 213 g/mol. The Morgan fingerprint density at radius 3 is 2.56 bits per heavy atom. The van der Waals surface area contributed by atoms with Crippen LogP contribution in [0.3, 0.4) is 0 Å². The molecule has 0 aliphatic rings. The lowest BCUT2D eigenvalue weighted by atomic mass is 10.0. The second kappa shape index (κ2) is 5.58. The molecule has 0 aliphatic heterocycles. The summed E-state index contributed by atoms with van der Waals surface area (Å²) in [5.74, 6) is -1.10. The molecule has 1 aromatic rings. The van der Waals surface area contributed by atoms with Crippen molar-refractivity contribution in [3.05, 3.63) is 35.6 Å². The number of halogens is 1. The molecule has 0 saturated carbocycles. The molecule has 0 bridgehead atoms. The minimum Gasteiger partial charge on any atom is -0.465 e. The van der Waals surface area contributed by atoms with Crippen LogP contribution in [0.5, 0.6) is 0 Å². The summed E-state index contributed by atoms with van der Waals surface area (Å²) in [4.78, 5) is 11.2. The topological polar surface area (TPSA) is 72.5 Å². The first-order valence-corrected chi connectivity index (χ1v) is 4.92. The van der Waals surface area contributed by atoms with E-state index in [-0.39, 0.29) is 6.61 Å². The standard InChI is InChI=1S/C11H14FNO3/c1-2-16-11(15)9(13)10(14)7-3-5-8(12)6-4-7/h3-6,9-10,14H,2,13H2,1H3/t9-,10+/m0/s1. The minimum absolute atomic E-state index is 0.197. The van der Waals surface area contributed by atoms with Crippen molar-refractivity contribution in [2.75, 3.05) is 6.61 Å². The molecule has 0 amide bonds. The molecule has 0 radical (unpaired) electrons. The Bertz CT molecular complexity index is 353. The van der Waals surface area contributed by atoms with Gasteiger partial charge in [-0.25, -0.2) is 4.39 Å². The van der Waals surface area contributed by atoms with Gasteiger partial charge in [-0.1, -0.05) is 12.1 Å². The van der Waals surface area contributed by atoms with Crippen molar-refractivity contribution in [1.82, 2.24) is 0 Å². The Balaban J connectivity index is 2.73. The quantitative estimate of drug-likeness (QED) is 0.744. The maximum atomic E-state index is 12.6. The van der Waals surface area contributed by atoms with Crippen LogP contribution in [-0.4, -0.2) is 23.7 Å². The average Bonchev–Trinajstić information content (AvgIpc) is 2.28. The van der Waals surface area contributed by atoms with E-state index in [4.69, 9.17) is 5.73 Å². The van der Waals surface area contributed by atoms with Crippen molar-refractivity contribution < 1.29 is 19.0 Å². The van der Waals surface area contributed by atoms with E-state index in [9.17, 15) is 14.3 Å². The van der Waals surface area contributed by atoms with Gasteiger partial charge in [0.25, 0.3) is 0 Å². The number of carbonyl (C=O) groups excluding carboxylic acids is 1. The van der Waals surface area contributed by atoms with E-state index < -0.39 is 23.9 Å². The maximum absolute atomic E-state index is 12.6. The van der Waals surface area contributed by atoms with Crippen molar-refractivity contribution in [2.24, 2.45) is 5.73 Å². The van der Waals surface area contributed by atoms with Crippen LogP contribution in [0.4, 0.5) is 4.39 Å². The van der Waals surface area contributed by atoms with E-state index in [1.54, 1.807) is 6.92 Å². The zero-order chi connectivity index (χ0) is 12.1. The summed E-state index contributed by atoms with van der Waals surface area (Å²) in [5.41, 5.74) is 5.88. The summed E-state index contributed by atoms with van der Waals surface area (Å²) in [7, 11) is 0.